The van der Waals surface area contributed by atoms with Crippen molar-refractivity contribution < 1.29 is 9.90 Å². The van der Waals surface area contributed by atoms with E-state index in [1.54, 1.807) is 0 Å². The highest BCUT2D eigenvalue weighted by atomic mass is 32.2. The minimum absolute atomic E-state index is 0.00916. The Morgan fingerprint density at radius 1 is 1.70 bits per heavy atom. The molecule has 0 saturated carbocycles. The minimum atomic E-state index is -0.833. The van der Waals surface area contributed by atoms with E-state index in [-0.39, 0.29) is 6.54 Å². The normalized spacial score (nSPS) is 9.70. The lowest BCUT2D eigenvalue weighted by molar-refractivity contribution is -0.135. The summed E-state index contributed by atoms with van der Waals surface area (Å²) >= 11 is 1.40. The Morgan fingerprint density at radius 2 is 2.40 bits per heavy atom. The van der Waals surface area contributed by atoms with E-state index in [1.165, 1.54) is 11.9 Å². The van der Waals surface area contributed by atoms with Crippen LogP contribution in [0.2, 0.25) is 0 Å². The molecule has 0 fully saturated rings. The third-order valence-electron chi connectivity index (χ3n) is 0.776. The third-order valence-corrected chi connectivity index (χ3v) is 1.62. The molecule has 0 aromatic rings. The van der Waals surface area contributed by atoms with E-state index in [0.29, 0.717) is 6.54 Å². The molecule has 0 unspecified atom stereocenters. The first kappa shape index (κ1) is 9.74. The standard InChI is InChI=1S/C5H12N2O2S/c6-2-1-3-10-7-4-5(8)9/h7H,1-4,6H2,(H,8,9). The van der Waals surface area contributed by atoms with Crippen molar-refractivity contribution in [3.8, 4) is 0 Å². The topological polar surface area (TPSA) is 75.3 Å². The van der Waals surface area contributed by atoms with Crippen molar-refractivity contribution >= 4 is 17.9 Å². The van der Waals surface area contributed by atoms with E-state index in [2.05, 4.69) is 4.72 Å². The summed E-state index contributed by atoms with van der Waals surface area (Å²) in [4.78, 5) is 9.93. The Bertz CT molecular complexity index is 99.6. The van der Waals surface area contributed by atoms with Crippen molar-refractivity contribution in [2.45, 2.75) is 6.42 Å². The molecule has 0 atom stereocenters. The van der Waals surface area contributed by atoms with Crippen LogP contribution in [0.25, 0.3) is 0 Å². The van der Waals surface area contributed by atoms with Crippen LogP contribution in [-0.2, 0) is 4.79 Å². The van der Waals surface area contributed by atoms with Gasteiger partial charge >= 0.3 is 5.97 Å². The first-order valence-electron chi connectivity index (χ1n) is 3.04. The van der Waals surface area contributed by atoms with E-state index >= 15 is 0 Å². The lowest BCUT2D eigenvalue weighted by Gasteiger charge is -1.97. The number of carboxylic acids is 1. The number of hydrogen-bond donors (Lipinski definition) is 3. The number of nitrogens with one attached hydrogen (secondary N) is 1. The fourth-order valence-electron chi connectivity index (χ4n) is 0.340. The molecular weight excluding hydrogens is 152 g/mol. The fraction of sp³-hybridized carbons (Fsp3) is 0.800. The van der Waals surface area contributed by atoms with Crippen LogP contribution in [0.15, 0.2) is 0 Å². The Morgan fingerprint density at radius 3 is 2.90 bits per heavy atom. The molecule has 0 aliphatic carbocycles. The molecule has 0 heterocycles. The van der Waals surface area contributed by atoms with Gasteiger partial charge < -0.3 is 10.8 Å². The Labute approximate surface area is 64.3 Å². The zero-order valence-electron chi connectivity index (χ0n) is 5.67. The third kappa shape index (κ3) is 7.74. The van der Waals surface area contributed by atoms with Crippen molar-refractivity contribution in [3.05, 3.63) is 0 Å². The largest absolute Gasteiger partial charge is 0.480 e. The van der Waals surface area contributed by atoms with Crippen LogP contribution >= 0.6 is 11.9 Å². The molecule has 5 heteroatoms. The Kier molecular flexibility index (Phi) is 6.68. The van der Waals surface area contributed by atoms with Gasteiger partial charge in [0.15, 0.2) is 0 Å². The summed E-state index contributed by atoms with van der Waals surface area (Å²) in [5.74, 6) is 0.0318. The monoisotopic (exact) mass is 164 g/mol. The second-order valence-electron chi connectivity index (χ2n) is 1.71. The van der Waals surface area contributed by atoms with Crippen LogP contribution < -0.4 is 10.5 Å². The van der Waals surface area contributed by atoms with Crippen molar-refractivity contribution in [2.24, 2.45) is 5.73 Å². The van der Waals surface area contributed by atoms with Crippen molar-refractivity contribution in [1.29, 1.82) is 0 Å². The molecule has 0 saturated heterocycles. The van der Waals surface area contributed by atoms with Crippen molar-refractivity contribution in [1.82, 2.24) is 4.72 Å². The summed E-state index contributed by atoms with van der Waals surface area (Å²) in [5, 5.41) is 8.17. The molecule has 0 aliphatic heterocycles. The zero-order valence-corrected chi connectivity index (χ0v) is 6.49. The molecule has 0 aromatic heterocycles. The first-order chi connectivity index (χ1) is 4.77. The van der Waals surface area contributed by atoms with Gasteiger partial charge in [0.2, 0.25) is 0 Å². The lowest BCUT2D eigenvalue weighted by Crippen LogP contribution is -2.16. The fourth-order valence-corrected chi connectivity index (χ4v) is 1.02. The average molecular weight is 164 g/mol. The molecule has 0 amide bonds. The van der Waals surface area contributed by atoms with Gasteiger partial charge in [-0.2, -0.15) is 0 Å². The van der Waals surface area contributed by atoms with Crippen molar-refractivity contribution in [2.75, 3.05) is 18.8 Å². The van der Waals surface area contributed by atoms with Crippen molar-refractivity contribution in [3.63, 3.8) is 0 Å². The maximum Gasteiger partial charge on any atom is 0.318 e. The number of hydrogen-bond acceptors (Lipinski definition) is 4. The second kappa shape index (κ2) is 6.85. The van der Waals surface area contributed by atoms with Gasteiger partial charge in [-0.1, -0.05) is 11.9 Å². The highest BCUT2D eigenvalue weighted by Gasteiger charge is 1.93. The minimum Gasteiger partial charge on any atom is -0.480 e. The van der Waals surface area contributed by atoms with E-state index in [9.17, 15) is 4.79 Å². The lowest BCUT2D eigenvalue weighted by atomic mass is 10.5. The maximum absolute atomic E-state index is 9.93. The molecule has 0 spiro atoms. The summed E-state index contributed by atoms with van der Waals surface area (Å²) in [7, 11) is 0. The highest BCUT2D eigenvalue weighted by Crippen LogP contribution is 1.93. The van der Waals surface area contributed by atoms with Gasteiger partial charge in [-0.25, -0.2) is 0 Å². The summed E-state index contributed by atoms with van der Waals surface area (Å²) in [5.41, 5.74) is 5.21. The number of carbonyl (C=O) groups is 1. The Hall–Kier alpha value is -0.260. The molecule has 0 aromatic carbocycles. The number of aliphatic carboxylic acids is 1. The van der Waals surface area contributed by atoms with Gasteiger partial charge in [0.05, 0.1) is 0 Å². The van der Waals surface area contributed by atoms with E-state index in [1.807, 2.05) is 0 Å². The van der Waals surface area contributed by atoms with Crippen LogP contribution in [0, 0.1) is 0 Å². The van der Waals surface area contributed by atoms with Gasteiger partial charge in [-0.3, -0.25) is 9.52 Å². The smallest absolute Gasteiger partial charge is 0.318 e. The molecule has 60 valence electrons. The summed E-state index contributed by atoms with van der Waals surface area (Å²) in [6.07, 6.45) is 0.914. The summed E-state index contributed by atoms with van der Waals surface area (Å²) in [6, 6.07) is 0. The maximum atomic E-state index is 9.93. The van der Waals surface area contributed by atoms with E-state index < -0.39 is 5.97 Å². The number of rotatable bonds is 6. The van der Waals surface area contributed by atoms with E-state index in [0.717, 1.165) is 12.2 Å². The quantitative estimate of drug-likeness (QED) is 0.370. The van der Waals surface area contributed by atoms with Gasteiger partial charge in [0.25, 0.3) is 0 Å². The molecule has 0 radical (unpaired) electrons. The predicted octanol–water partition coefficient (Wildman–Crippen LogP) is -0.342. The number of carboxylic acid groups (broad SMARTS) is 1. The van der Waals surface area contributed by atoms with Gasteiger partial charge in [0.1, 0.15) is 6.54 Å². The number of nitrogens with two attached hydrogens (primary N) is 1. The summed E-state index contributed by atoms with van der Waals surface area (Å²) in [6.45, 7) is 0.664. The molecule has 0 rings (SSSR count). The summed E-state index contributed by atoms with van der Waals surface area (Å²) < 4.78 is 2.68. The second-order valence-corrected chi connectivity index (χ2v) is 2.69. The molecular formula is C5H12N2O2S. The van der Waals surface area contributed by atoms with Gasteiger partial charge in [-0.15, -0.1) is 0 Å². The average Bonchev–Trinajstić information content (AvgIpc) is 1.87. The van der Waals surface area contributed by atoms with Crippen LogP contribution in [0.3, 0.4) is 0 Å². The van der Waals surface area contributed by atoms with Crippen LogP contribution in [0.1, 0.15) is 6.42 Å². The van der Waals surface area contributed by atoms with Crippen LogP contribution in [0.4, 0.5) is 0 Å². The van der Waals surface area contributed by atoms with Gasteiger partial charge in [-0.05, 0) is 13.0 Å². The molecule has 10 heavy (non-hydrogen) atoms. The van der Waals surface area contributed by atoms with Gasteiger partial charge in [0, 0.05) is 5.75 Å². The van der Waals surface area contributed by atoms with E-state index in [4.69, 9.17) is 10.8 Å². The molecule has 4 nitrogen and oxygen atoms in total. The van der Waals surface area contributed by atoms with Crippen LogP contribution in [0.5, 0.6) is 0 Å². The molecule has 4 N–H and O–H groups in total. The molecule has 0 aliphatic rings. The SMILES string of the molecule is NCCCSNCC(=O)O. The predicted molar refractivity (Wildman–Crippen MR) is 41.8 cm³/mol. The first-order valence-corrected chi connectivity index (χ1v) is 4.02. The molecule has 0 bridgehead atoms. The zero-order chi connectivity index (χ0) is 7.82. The Balaban J connectivity index is 2.84. The van der Waals surface area contributed by atoms with Crippen LogP contribution in [-0.4, -0.2) is 29.9 Å². The highest BCUT2D eigenvalue weighted by molar-refractivity contribution is 7.97.